The van der Waals surface area contributed by atoms with Gasteiger partial charge in [0.15, 0.2) is 0 Å². The number of benzene rings is 2. The van der Waals surface area contributed by atoms with Crippen molar-refractivity contribution in [2.24, 2.45) is 0 Å². The molecule has 5 rings (SSSR count). The van der Waals surface area contributed by atoms with Crippen LogP contribution in [0.4, 0.5) is 5.69 Å². The topological polar surface area (TPSA) is 32.8 Å². The van der Waals surface area contributed by atoms with E-state index >= 15 is 0 Å². The van der Waals surface area contributed by atoms with Crippen LogP contribution in [0.3, 0.4) is 0 Å². The lowest BCUT2D eigenvalue weighted by molar-refractivity contribution is -0.119. The number of carbonyl (C=O) groups is 1. The molecule has 1 unspecified atom stereocenters. The van der Waals surface area contributed by atoms with Gasteiger partial charge in [0.05, 0.1) is 6.61 Å². The van der Waals surface area contributed by atoms with Crippen LogP contribution in [-0.2, 0) is 11.2 Å². The zero-order chi connectivity index (χ0) is 21.9. The first-order chi connectivity index (χ1) is 15.7. The summed E-state index contributed by atoms with van der Waals surface area (Å²) in [6, 6.07) is 15.2. The van der Waals surface area contributed by atoms with E-state index in [0.717, 1.165) is 63.5 Å². The highest BCUT2D eigenvalue weighted by Crippen LogP contribution is 2.32. The third-order valence-electron chi connectivity index (χ3n) is 6.89. The van der Waals surface area contributed by atoms with E-state index < -0.39 is 0 Å². The second-order valence-electron chi connectivity index (χ2n) is 9.18. The molecule has 2 heterocycles. The molecule has 1 atom stereocenters. The van der Waals surface area contributed by atoms with Gasteiger partial charge in [0.1, 0.15) is 11.5 Å². The molecule has 0 N–H and O–H groups in total. The Hall–Kier alpha value is -2.37. The molecule has 168 valence electrons. The molecule has 2 aromatic carbocycles. The van der Waals surface area contributed by atoms with Crippen molar-refractivity contribution in [3.05, 3.63) is 59.0 Å². The van der Waals surface area contributed by atoms with E-state index in [1.807, 2.05) is 11.3 Å². The Morgan fingerprint density at radius 1 is 1.06 bits per heavy atom. The number of fused-ring (bicyclic) bond motifs is 2. The number of thiophene rings is 1. The van der Waals surface area contributed by atoms with Gasteiger partial charge in [0.2, 0.25) is 0 Å². The van der Waals surface area contributed by atoms with E-state index in [-0.39, 0.29) is 0 Å². The lowest BCUT2D eigenvalue weighted by atomic mass is 9.83. The maximum atomic E-state index is 11.9. The molecule has 1 saturated heterocycles. The summed E-state index contributed by atoms with van der Waals surface area (Å²) < 4.78 is 7.38. The van der Waals surface area contributed by atoms with Crippen LogP contribution in [-0.4, -0.2) is 50.0 Å². The van der Waals surface area contributed by atoms with Crippen LogP contribution in [0.25, 0.3) is 10.1 Å². The number of carbonyl (C=O) groups excluding carboxylic acids is 1. The van der Waals surface area contributed by atoms with Crippen LogP contribution in [0.2, 0.25) is 0 Å². The van der Waals surface area contributed by atoms with Gasteiger partial charge in [-0.05, 0) is 72.1 Å². The molecule has 1 fully saturated rings. The lowest BCUT2D eigenvalue weighted by Gasteiger charge is -2.36. The first-order valence-electron chi connectivity index (χ1n) is 11.9. The van der Waals surface area contributed by atoms with Crippen molar-refractivity contribution in [2.75, 3.05) is 44.2 Å². The molecule has 0 bridgehead atoms. The zero-order valence-electron chi connectivity index (χ0n) is 18.9. The molecular weight excluding hydrogens is 416 g/mol. The fraction of sp³-hybridized carbons (Fsp3) is 0.444. The van der Waals surface area contributed by atoms with Gasteiger partial charge >= 0.3 is 0 Å². The first kappa shape index (κ1) is 21.5. The average Bonchev–Trinajstić information content (AvgIpc) is 3.28. The van der Waals surface area contributed by atoms with Gasteiger partial charge in [0.25, 0.3) is 0 Å². The average molecular weight is 449 g/mol. The van der Waals surface area contributed by atoms with Crippen LogP contribution in [0.5, 0.6) is 5.75 Å². The predicted octanol–water partition coefficient (Wildman–Crippen LogP) is 5.50. The summed E-state index contributed by atoms with van der Waals surface area (Å²) >= 11 is 1.82. The highest BCUT2D eigenvalue weighted by atomic mass is 32.1. The predicted molar refractivity (Wildman–Crippen MR) is 133 cm³/mol. The minimum atomic E-state index is 0.332. The Bertz CT molecular complexity index is 1080. The second kappa shape index (κ2) is 9.63. The van der Waals surface area contributed by atoms with Gasteiger partial charge in [0, 0.05) is 54.8 Å². The normalized spacial score (nSPS) is 19.3. The molecule has 0 saturated carbocycles. The number of nitrogens with zero attached hydrogens (tertiary/aromatic N) is 2. The Labute approximate surface area is 194 Å². The van der Waals surface area contributed by atoms with Crippen LogP contribution < -0.4 is 9.64 Å². The molecule has 0 spiro atoms. The third kappa shape index (κ3) is 4.69. The molecule has 3 aromatic rings. The van der Waals surface area contributed by atoms with E-state index in [9.17, 15) is 4.79 Å². The van der Waals surface area contributed by atoms with Gasteiger partial charge < -0.3 is 9.64 Å². The fourth-order valence-electron chi connectivity index (χ4n) is 5.14. The number of ketones is 1. The third-order valence-corrected chi connectivity index (χ3v) is 7.77. The molecule has 4 nitrogen and oxygen atoms in total. The Morgan fingerprint density at radius 2 is 1.94 bits per heavy atom. The van der Waals surface area contributed by atoms with E-state index in [0.29, 0.717) is 24.5 Å². The summed E-state index contributed by atoms with van der Waals surface area (Å²) in [6.45, 7) is 8.45. The largest absolute Gasteiger partial charge is 0.494 e. The van der Waals surface area contributed by atoms with Crippen molar-refractivity contribution >= 4 is 32.9 Å². The summed E-state index contributed by atoms with van der Waals surface area (Å²) in [7, 11) is 0. The quantitative estimate of drug-likeness (QED) is 0.447. The number of Topliss-reactive ketones (excluding diaryl/α,β-unsaturated/α-hetero) is 1. The summed E-state index contributed by atoms with van der Waals surface area (Å²) in [5.41, 5.74) is 3.85. The monoisotopic (exact) mass is 448 g/mol. The second-order valence-corrected chi connectivity index (χ2v) is 10.1. The van der Waals surface area contributed by atoms with Crippen LogP contribution >= 0.6 is 11.3 Å². The van der Waals surface area contributed by atoms with Crippen LogP contribution in [0.15, 0.2) is 47.8 Å². The molecule has 0 amide bonds. The highest BCUT2D eigenvalue weighted by molar-refractivity contribution is 7.17. The molecule has 1 aliphatic carbocycles. The number of hydrogen-bond donors (Lipinski definition) is 0. The van der Waals surface area contributed by atoms with Crippen molar-refractivity contribution < 1.29 is 9.53 Å². The van der Waals surface area contributed by atoms with Gasteiger partial charge in [-0.3, -0.25) is 9.69 Å². The Kier molecular flexibility index (Phi) is 6.47. The molecule has 1 aliphatic heterocycles. The minimum absolute atomic E-state index is 0.332. The maximum Gasteiger partial charge on any atom is 0.137 e. The van der Waals surface area contributed by atoms with E-state index in [1.54, 1.807) is 0 Å². The standard InChI is InChI=1S/C27H32N2O2S/c1-20-17-22(30)18-21-19-23(7-8-24(20)21)31-15-3-2-10-28-11-13-29(14-12-28)26-5-4-6-27-25(26)9-16-32-27/h4-9,16,19-20H,2-3,10-15,17-18H2,1H3. The van der Waals surface area contributed by atoms with Gasteiger partial charge in [-0.15, -0.1) is 11.3 Å². The number of ether oxygens (including phenoxy) is 1. The van der Waals surface area contributed by atoms with Crippen molar-refractivity contribution in [3.8, 4) is 5.75 Å². The van der Waals surface area contributed by atoms with Gasteiger partial charge in [-0.2, -0.15) is 0 Å². The fourth-order valence-corrected chi connectivity index (χ4v) is 5.94. The smallest absolute Gasteiger partial charge is 0.137 e. The number of anilines is 1. The minimum Gasteiger partial charge on any atom is -0.494 e. The summed E-state index contributed by atoms with van der Waals surface area (Å²) in [5, 5.41) is 3.58. The SMILES string of the molecule is CC1CC(=O)Cc2cc(OCCCCN3CCN(c4cccc5sccc45)CC3)ccc21. The molecule has 32 heavy (non-hydrogen) atoms. The van der Waals surface area contributed by atoms with Crippen molar-refractivity contribution in [1.29, 1.82) is 0 Å². The highest BCUT2D eigenvalue weighted by Gasteiger charge is 2.22. The van der Waals surface area contributed by atoms with Crippen molar-refractivity contribution in [3.63, 3.8) is 0 Å². The molecule has 0 radical (unpaired) electrons. The maximum absolute atomic E-state index is 11.9. The molecule has 1 aromatic heterocycles. The summed E-state index contributed by atoms with van der Waals surface area (Å²) in [5.74, 6) is 1.58. The van der Waals surface area contributed by atoms with Crippen LogP contribution in [0, 0.1) is 0 Å². The summed E-state index contributed by atoms with van der Waals surface area (Å²) in [4.78, 5) is 17.0. The van der Waals surface area contributed by atoms with E-state index in [1.165, 1.54) is 21.3 Å². The zero-order valence-corrected chi connectivity index (χ0v) is 19.7. The molecular formula is C27H32N2O2S. The number of hydrogen-bond acceptors (Lipinski definition) is 5. The van der Waals surface area contributed by atoms with E-state index in [2.05, 4.69) is 64.6 Å². The van der Waals surface area contributed by atoms with E-state index in [4.69, 9.17) is 4.74 Å². The van der Waals surface area contributed by atoms with Crippen LogP contribution in [0.1, 0.15) is 43.2 Å². The molecule has 5 heteroatoms. The Balaban J connectivity index is 1.04. The molecule has 2 aliphatic rings. The summed E-state index contributed by atoms with van der Waals surface area (Å²) in [6.07, 6.45) is 3.44. The van der Waals surface area contributed by atoms with Crippen molar-refractivity contribution in [1.82, 2.24) is 4.90 Å². The first-order valence-corrected chi connectivity index (χ1v) is 12.8. The number of unbranched alkanes of at least 4 members (excludes halogenated alkanes) is 1. The van der Waals surface area contributed by atoms with Gasteiger partial charge in [-0.1, -0.05) is 19.1 Å². The lowest BCUT2D eigenvalue weighted by Crippen LogP contribution is -2.46. The number of piperazine rings is 1. The van der Waals surface area contributed by atoms with Gasteiger partial charge in [-0.25, -0.2) is 0 Å². The van der Waals surface area contributed by atoms with Crippen molar-refractivity contribution in [2.45, 2.75) is 38.5 Å². The Morgan fingerprint density at radius 3 is 2.81 bits per heavy atom. The number of rotatable bonds is 7.